The van der Waals surface area contributed by atoms with E-state index in [1.54, 1.807) is 0 Å². The van der Waals surface area contributed by atoms with Crippen LogP contribution in [0, 0.1) is 11.8 Å². The molecule has 156 valence electrons. The van der Waals surface area contributed by atoms with Crippen LogP contribution in [0.3, 0.4) is 0 Å². The van der Waals surface area contributed by atoms with Crippen LogP contribution in [-0.2, 0) is 9.59 Å². The SMILES string of the molecule is CC(C)CNC(=O)NC(=O)CN1CCCC(CNC(=O)C2CCCN2)C1.Cl. The van der Waals surface area contributed by atoms with Crippen molar-refractivity contribution in [2.45, 2.75) is 45.6 Å². The molecule has 0 aromatic heterocycles. The number of likely N-dealkylation sites (tertiary alicyclic amines) is 1. The van der Waals surface area contributed by atoms with E-state index in [0.717, 1.165) is 45.3 Å². The Labute approximate surface area is 168 Å². The minimum absolute atomic E-state index is 0. The molecule has 2 saturated heterocycles. The normalized spacial score (nSPS) is 22.8. The van der Waals surface area contributed by atoms with E-state index < -0.39 is 6.03 Å². The van der Waals surface area contributed by atoms with E-state index in [0.29, 0.717) is 24.9 Å². The van der Waals surface area contributed by atoms with Crippen LogP contribution in [0.15, 0.2) is 0 Å². The number of imide groups is 1. The molecule has 2 rings (SSSR count). The van der Waals surface area contributed by atoms with Crippen LogP contribution in [0.4, 0.5) is 4.79 Å². The van der Waals surface area contributed by atoms with Crippen molar-refractivity contribution in [3.63, 3.8) is 0 Å². The van der Waals surface area contributed by atoms with Crippen molar-refractivity contribution in [1.29, 1.82) is 0 Å². The number of carbonyl (C=O) groups excluding carboxylic acids is 3. The van der Waals surface area contributed by atoms with Gasteiger partial charge in [0, 0.05) is 19.6 Å². The van der Waals surface area contributed by atoms with Gasteiger partial charge in [-0.3, -0.25) is 19.8 Å². The number of rotatable bonds is 7. The molecule has 2 aliphatic heterocycles. The van der Waals surface area contributed by atoms with Crippen LogP contribution in [0.2, 0.25) is 0 Å². The number of hydrogen-bond donors (Lipinski definition) is 4. The fraction of sp³-hybridized carbons (Fsp3) is 0.833. The van der Waals surface area contributed by atoms with Crippen molar-refractivity contribution >= 4 is 30.3 Å². The average molecular weight is 404 g/mol. The van der Waals surface area contributed by atoms with Gasteiger partial charge in [0.05, 0.1) is 12.6 Å². The van der Waals surface area contributed by atoms with Gasteiger partial charge < -0.3 is 16.0 Å². The van der Waals surface area contributed by atoms with Gasteiger partial charge in [0.2, 0.25) is 11.8 Å². The number of carbonyl (C=O) groups is 3. The lowest BCUT2D eigenvalue weighted by atomic mass is 9.98. The fourth-order valence-electron chi connectivity index (χ4n) is 3.45. The Bertz CT molecular complexity index is 497. The van der Waals surface area contributed by atoms with Crippen molar-refractivity contribution < 1.29 is 14.4 Å². The van der Waals surface area contributed by atoms with Gasteiger partial charge in [-0.05, 0) is 50.6 Å². The van der Waals surface area contributed by atoms with Gasteiger partial charge in [-0.2, -0.15) is 0 Å². The molecule has 0 radical (unpaired) electrons. The van der Waals surface area contributed by atoms with Gasteiger partial charge in [-0.1, -0.05) is 13.8 Å². The first-order valence-corrected chi connectivity index (χ1v) is 9.75. The molecule has 2 atom stereocenters. The quantitative estimate of drug-likeness (QED) is 0.495. The Morgan fingerprint density at radius 3 is 2.59 bits per heavy atom. The van der Waals surface area contributed by atoms with Crippen molar-refractivity contribution in [1.82, 2.24) is 26.2 Å². The first kappa shape index (κ1) is 23.7. The maximum atomic E-state index is 12.1. The summed E-state index contributed by atoms with van der Waals surface area (Å²) in [4.78, 5) is 37.8. The summed E-state index contributed by atoms with van der Waals surface area (Å²) in [5.74, 6) is 0.482. The van der Waals surface area contributed by atoms with Gasteiger partial charge in [-0.15, -0.1) is 12.4 Å². The molecule has 4 amide bonds. The maximum Gasteiger partial charge on any atom is 0.321 e. The molecule has 2 heterocycles. The molecule has 2 unspecified atom stereocenters. The fourth-order valence-corrected chi connectivity index (χ4v) is 3.45. The van der Waals surface area contributed by atoms with Gasteiger partial charge in [-0.25, -0.2) is 4.79 Å². The summed E-state index contributed by atoms with van der Waals surface area (Å²) in [7, 11) is 0. The Morgan fingerprint density at radius 2 is 1.93 bits per heavy atom. The first-order chi connectivity index (χ1) is 12.4. The highest BCUT2D eigenvalue weighted by Gasteiger charge is 2.25. The lowest BCUT2D eigenvalue weighted by Crippen LogP contribution is -2.49. The van der Waals surface area contributed by atoms with Crippen LogP contribution in [0.1, 0.15) is 39.5 Å². The highest BCUT2D eigenvalue weighted by Crippen LogP contribution is 2.15. The summed E-state index contributed by atoms with van der Waals surface area (Å²) in [5.41, 5.74) is 0. The second-order valence-corrected chi connectivity index (χ2v) is 7.79. The average Bonchev–Trinajstić information content (AvgIpc) is 3.13. The topological polar surface area (TPSA) is 103 Å². The molecule has 4 N–H and O–H groups in total. The Kier molecular flexibility index (Phi) is 10.6. The molecule has 0 bridgehead atoms. The second kappa shape index (κ2) is 12.2. The molecular weight excluding hydrogens is 370 g/mol. The number of halogens is 1. The van der Waals surface area contributed by atoms with Crippen LogP contribution < -0.4 is 21.3 Å². The Balaban J connectivity index is 0.00000364. The van der Waals surface area contributed by atoms with Crippen molar-refractivity contribution in [3.05, 3.63) is 0 Å². The summed E-state index contributed by atoms with van der Waals surface area (Å²) in [6.45, 7) is 7.91. The van der Waals surface area contributed by atoms with E-state index in [9.17, 15) is 14.4 Å². The van der Waals surface area contributed by atoms with Crippen molar-refractivity contribution in [3.8, 4) is 0 Å². The van der Waals surface area contributed by atoms with E-state index in [2.05, 4.69) is 26.2 Å². The Hall–Kier alpha value is -1.38. The van der Waals surface area contributed by atoms with Crippen LogP contribution in [0.5, 0.6) is 0 Å². The van der Waals surface area contributed by atoms with E-state index in [1.807, 2.05) is 13.8 Å². The van der Waals surface area contributed by atoms with Gasteiger partial charge in [0.15, 0.2) is 0 Å². The van der Waals surface area contributed by atoms with Crippen molar-refractivity contribution in [2.24, 2.45) is 11.8 Å². The van der Waals surface area contributed by atoms with Gasteiger partial charge in [0.1, 0.15) is 0 Å². The van der Waals surface area contributed by atoms with Gasteiger partial charge >= 0.3 is 6.03 Å². The minimum Gasteiger partial charge on any atom is -0.354 e. The molecular formula is C18H34ClN5O3. The minimum atomic E-state index is -0.436. The zero-order chi connectivity index (χ0) is 18.9. The number of nitrogens with zero attached hydrogens (tertiary/aromatic N) is 1. The number of urea groups is 1. The Morgan fingerprint density at radius 1 is 1.15 bits per heavy atom. The maximum absolute atomic E-state index is 12.1. The van der Waals surface area contributed by atoms with Crippen LogP contribution in [0.25, 0.3) is 0 Å². The lowest BCUT2D eigenvalue weighted by molar-refractivity contribution is -0.124. The molecule has 8 nitrogen and oxygen atoms in total. The standard InChI is InChI=1S/C18H33N5O3.ClH/c1-13(2)9-21-18(26)22-16(24)12-23-8-4-5-14(11-23)10-20-17(25)15-6-3-7-19-15;/h13-15,19H,3-12H2,1-2H3,(H,20,25)(H2,21,22,24,26);1H. The number of piperidine rings is 1. The zero-order valence-corrected chi connectivity index (χ0v) is 17.2. The van der Waals surface area contributed by atoms with Gasteiger partial charge in [0.25, 0.3) is 0 Å². The lowest BCUT2D eigenvalue weighted by Gasteiger charge is -2.32. The highest BCUT2D eigenvalue weighted by molar-refractivity contribution is 5.95. The summed E-state index contributed by atoms with van der Waals surface area (Å²) >= 11 is 0. The molecule has 27 heavy (non-hydrogen) atoms. The number of hydrogen-bond acceptors (Lipinski definition) is 5. The monoisotopic (exact) mass is 403 g/mol. The molecule has 0 saturated carbocycles. The predicted octanol–water partition coefficient (Wildman–Crippen LogP) is 0.470. The third-order valence-corrected chi connectivity index (χ3v) is 4.84. The summed E-state index contributed by atoms with van der Waals surface area (Å²) in [6, 6.07) is -0.488. The van der Waals surface area contributed by atoms with E-state index in [-0.39, 0.29) is 36.8 Å². The smallest absolute Gasteiger partial charge is 0.321 e. The van der Waals surface area contributed by atoms with E-state index in [1.165, 1.54) is 0 Å². The highest BCUT2D eigenvalue weighted by atomic mass is 35.5. The molecule has 0 aromatic rings. The summed E-state index contributed by atoms with van der Waals surface area (Å²) < 4.78 is 0. The summed E-state index contributed by atoms with van der Waals surface area (Å²) in [5, 5.41) is 11.3. The second-order valence-electron chi connectivity index (χ2n) is 7.79. The molecule has 0 spiro atoms. The first-order valence-electron chi connectivity index (χ1n) is 9.75. The summed E-state index contributed by atoms with van der Waals surface area (Å²) in [6.07, 6.45) is 4.00. The van der Waals surface area contributed by atoms with Crippen LogP contribution in [-0.4, -0.2) is 68.1 Å². The predicted molar refractivity (Wildman–Crippen MR) is 107 cm³/mol. The number of nitrogens with one attached hydrogen (secondary N) is 4. The zero-order valence-electron chi connectivity index (χ0n) is 16.4. The molecule has 0 aromatic carbocycles. The van der Waals surface area contributed by atoms with E-state index >= 15 is 0 Å². The molecule has 2 aliphatic rings. The number of amides is 4. The van der Waals surface area contributed by atoms with Crippen molar-refractivity contribution in [2.75, 3.05) is 39.3 Å². The van der Waals surface area contributed by atoms with Crippen LogP contribution >= 0.6 is 12.4 Å². The third kappa shape index (κ3) is 8.90. The molecule has 0 aliphatic carbocycles. The third-order valence-electron chi connectivity index (χ3n) is 4.84. The molecule has 2 fully saturated rings. The molecule has 9 heteroatoms. The van der Waals surface area contributed by atoms with E-state index in [4.69, 9.17) is 0 Å². The largest absolute Gasteiger partial charge is 0.354 e.